The van der Waals surface area contributed by atoms with Crippen LogP contribution in [-0.4, -0.2) is 68.2 Å². The molecule has 1 atom stereocenters. The Bertz CT molecular complexity index is 1270. The van der Waals surface area contributed by atoms with Gasteiger partial charge < -0.3 is 25.2 Å². The number of amides is 2. The van der Waals surface area contributed by atoms with Crippen LogP contribution in [0.5, 0.6) is 0 Å². The second kappa shape index (κ2) is 8.55. The molecule has 1 saturated heterocycles. The van der Waals surface area contributed by atoms with Crippen LogP contribution >= 0.6 is 0 Å². The lowest BCUT2D eigenvalue weighted by Gasteiger charge is -2.44. The molecule has 0 bridgehead atoms. The first-order chi connectivity index (χ1) is 16.8. The highest BCUT2D eigenvalue weighted by Crippen LogP contribution is 2.44. The van der Waals surface area contributed by atoms with Crippen LogP contribution < -0.4 is 5.32 Å². The zero-order valence-corrected chi connectivity index (χ0v) is 18.9. The van der Waals surface area contributed by atoms with E-state index in [-0.39, 0.29) is 25.6 Å². The number of hydrogen-bond donors (Lipinski definition) is 3. The van der Waals surface area contributed by atoms with Crippen molar-refractivity contribution >= 4 is 18.0 Å². The van der Waals surface area contributed by atoms with Crippen LogP contribution in [0.3, 0.4) is 0 Å². The van der Waals surface area contributed by atoms with Crippen molar-refractivity contribution < 1.29 is 29.3 Å². The summed E-state index contributed by atoms with van der Waals surface area (Å²) in [5.74, 6) is -2.09. The number of aliphatic hydroxyl groups is 1. The molecule has 2 aliphatic rings. The molecule has 5 rings (SSSR count). The largest absolute Gasteiger partial charge is 0.479 e. The fourth-order valence-electron chi connectivity index (χ4n) is 4.69. The lowest BCUT2D eigenvalue weighted by molar-refractivity contribution is -0.182. The summed E-state index contributed by atoms with van der Waals surface area (Å²) in [5.41, 5.74) is 2.76. The van der Waals surface area contributed by atoms with Gasteiger partial charge in [-0.25, -0.2) is 9.59 Å². The van der Waals surface area contributed by atoms with Gasteiger partial charge in [-0.15, -0.1) is 0 Å². The fourth-order valence-corrected chi connectivity index (χ4v) is 4.69. The zero-order valence-electron chi connectivity index (χ0n) is 18.9. The number of nitrogens with zero attached hydrogens (tertiary/aromatic N) is 3. The molecule has 1 unspecified atom stereocenters. The van der Waals surface area contributed by atoms with E-state index in [0.717, 1.165) is 22.3 Å². The van der Waals surface area contributed by atoms with E-state index in [1.54, 1.807) is 13.2 Å². The van der Waals surface area contributed by atoms with Crippen LogP contribution in [0.15, 0.2) is 60.9 Å². The van der Waals surface area contributed by atoms with Crippen LogP contribution in [0, 0.1) is 0 Å². The summed E-state index contributed by atoms with van der Waals surface area (Å²) in [6.07, 6.45) is 2.23. The summed E-state index contributed by atoms with van der Waals surface area (Å²) in [6, 6.07) is 14.8. The third-order valence-corrected chi connectivity index (χ3v) is 6.53. The number of β-amino-alcohol motifs (C(OH)–C–C–N with tert-alkyl or cyclic N) is 1. The maximum atomic E-state index is 13.1. The summed E-state index contributed by atoms with van der Waals surface area (Å²) in [5, 5.41) is 25.8. The van der Waals surface area contributed by atoms with E-state index in [1.165, 1.54) is 15.8 Å². The maximum absolute atomic E-state index is 13.1. The van der Waals surface area contributed by atoms with Crippen molar-refractivity contribution in [1.82, 2.24) is 20.0 Å². The minimum Gasteiger partial charge on any atom is -0.479 e. The summed E-state index contributed by atoms with van der Waals surface area (Å²) < 4.78 is 7.05. The molecule has 1 fully saturated rings. The van der Waals surface area contributed by atoms with E-state index < -0.39 is 29.6 Å². The first-order valence-electron chi connectivity index (χ1n) is 11.1. The molecule has 10 nitrogen and oxygen atoms in total. The van der Waals surface area contributed by atoms with E-state index in [4.69, 9.17) is 9.84 Å². The van der Waals surface area contributed by atoms with E-state index >= 15 is 0 Å². The number of aliphatic carboxylic acids is 1. The molecular weight excluding hydrogens is 452 g/mol. The first kappa shape index (κ1) is 22.6. The van der Waals surface area contributed by atoms with Crippen molar-refractivity contribution in [2.75, 3.05) is 19.7 Å². The fraction of sp³-hybridized carbons (Fsp3) is 0.280. The number of carbonyl (C=O) groups is 3. The molecule has 0 spiro atoms. The zero-order chi connectivity index (χ0) is 24.7. The van der Waals surface area contributed by atoms with E-state index in [9.17, 15) is 19.5 Å². The van der Waals surface area contributed by atoms with Crippen molar-refractivity contribution in [2.45, 2.75) is 17.6 Å². The van der Waals surface area contributed by atoms with Crippen molar-refractivity contribution in [3.63, 3.8) is 0 Å². The number of rotatable bonds is 6. The molecule has 1 aliphatic carbocycles. The highest BCUT2D eigenvalue weighted by Gasteiger charge is 2.51. The van der Waals surface area contributed by atoms with Crippen LogP contribution in [0.4, 0.5) is 4.79 Å². The van der Waals surface area contributed by atoms with Gasteiger partial charge in [-0.3, -0.25) is 9.48 Å². The molecule has 10 heteroatoms. The van der Waals surface area contributed by atoms with Gasteiger partial charge in [0.25, 0.3) is 0 Å². The van der Waals surface area contributed by atoms with Gasteiger partial charge in [0.1, 0.15) is 12.6 Å². The van der Waals surface area contributed by atoms with Crippen molar-refractivity contribution in [3.05, 3.63) is 77.6 Å². The summed E-state index contributed by atoms with van der Waals surface area (Å²) >= 11 is 0. The Kier molecular flexibility index (Phi) is 5.52. The predicted molar refractivity (Wildman–Crippen MR) is 123 cm³/mol. The molecule has 1 aliphatic heterocycles. The van der Waals surface area contributed by atoms with Crippen molar-refractivity contribution in [2.24, 2.45) is 7.05 Å². The highest BCUT2D eigenvalue weighted by atomic mass is 16.5. The number of aromatic nitrogens is 2. The second-order valence-electron chi connectivity index (χ2n) is 8.88. The predicted octanol–water partition coefficient (Wildman–Crippen LogP) is 1.66. The second-order valence-corrected chi connectivity index (χ2v) is 8.88. The smallest absolute Gasteiger partial charge is 0.408 e. The Morgan fingerprint density at radius 3 is 2.26 bits per heavy atom. The van der Waals surface area contributed by atoms with Gasteiger partial charge in [-0.2, -0.15) is 5.10 Å². The normalized spacial score (nSPS) is 16.6. The molecule has 1 aromatic heterocycles. The Hall–Kier alpha value is -4.18. The lowest BCUT2D eigenvalue weighted by Crippen LogP contribution is -2.68. The molecule has 2 amide bonds. The Morgan fingerprint density at radius 2 is 1.71 bits per heavy atom. The van der Waals surface area contributed by atoms with Gasteiger partial charge in [-0.05, 0) is 22.3 Å². The quantitative estimate of drug-likeness (QED) is 0.493. The molecular formula is C25H24N4O6. The van der Waals surface area contributed by atoms with Gasteiger partial charge in [0.05, 0.1) is 19.3 Å². The van der Waals surface area contributed by atoms with Crippen LogP contribution in [-0.2, 0) is 21.4 Å². The summed E-state index contributed by atoms with van der Waals surface area (Å²) in [7, 11) is 1.67. The van der Waals surface area contributed by atoms with Gasteiger partial charge in [0.15, 0.2) is 5.60 Å². The average Bonchev–Trinajstić information content (AvgIpc) is 3.40. The first-order valence-corrected chi connectivity index (χ1v) is 11.1. The van der Waals surface area contributed by atoms with Gasteiger partial charge in [0, 0.05) is 24.7 Å². The number of carboxylic acid groups (broad SMARTS) is 1. The highest BCUT2D eigenvalue weighted by molar-refractivity contribution is 5.90. The standard InChI is InChI=1S/C25H24N4O6/c1-28-11-15(10-26-28)21(22(30)29-13-25(34,14-29)23(31)32)27-24(33)35-12-20-18-8-4-2-6-16(18)17-7-3-5-9-19(17)20/h2-11,20-21,34H,12-14H2,1H3,(H,27,33)(H,31,32). The Balaban J connectivity index is 1.30. The van der Waals surface area contributed by atoms with Gasteiger partial charge >= 0.3 is 12.1 Å². The van der Waals surface area contributed by atoms with E-state index in [1.807, 2.05) is 48.5 Å². The Labute approximate surface area is 200 Å². The molecule has 2 aromatic carbocycles. The molecule has 35 heavy (non-hydrogen) atoms. The van der Waals surface area contributed by atoms with Crippen LogP contribution in [0.25, 0.3) is 11.1 Å². The number of carboxylic acids is 1. The lowest BCUT2D eigenvalue weighted by atomic mass is 9.93. The maximum Gasteiger partial charge on any atom is 0.408 e. The van der Waals surface area contributed by atoms with Gasteiger partial charge in [-0.1, -0.05) is 48.5 Å². The average molecular weight is 476 g/mol. The monoisotopic (exact) mass is 476 g/mol. The van der Waals surface area contributed by atoms with Crippen molar-refractivity contribution in [3.8, 4) is 11.1 Å². The third kappa shape index (κ3) is 4.01. The minimum absolute atomic E-state index is 0.0797. The number of fused-ring (bicyclic) bond motifs is 3. The molecule has 0 radical (unpaired) electrons. The number of hydrogen-bond acceptors (Lipinski definition) is 6. The topological polar surface area (TPSA) is 134 Å². The third-order valence-electron chi connectivity index (χ3n) is 6.53. The van der Waals surface area contributed by atoms with Crippen LogP contribution in [0.1, 0.15) is 28.7 Å². The number of aryl methyl sites for hydroxylation is 1. The molecule has 0 saturated carbocycles. The number of ether oxygens (including phenoxy) is 1. The Morgan fingerprint density at radius 1 is 1.11 bits per heavy atom. The number of alkyl carbamates (subject to hydrolysis) is 1. The molecule has 2 heterocycles. The summed E-state index contributed by atoms with van der Waals surface area (Å²) in [6.45, 7) is -0.662. The van der Waals surface area contributed by atoms with E-state index in [0.29, 0.717) is 5.56 Å². The number of carbonyl (C=O) groups excluding carboxylic acids is 2. The molecule has 3 aromatic rings. The summed E-state index contributed by atoms with van der Waals surface area (Å²) in [4.78, 5) is 38.3. The SMILES string of the molecule is Cn1cc(C(NC(=O)OCC2c3ccccc3-c3ccccc32)C(=O)N2CC(O)(C(=O)O)C2)cn1. The number of nitrogens with one attached hydrogen (secondary N) is 1. The van der Waals surface area contributed by atoms with Crippen molar-refractivity contribution in [1.29, 1.82) is 0 Å². The van der Waals surface area contributed by atoms with E-state index in [2.05, 4.69) is 10.4 Å². The minimum atomic E-state index is -1.99. The van der Waals surface area contributed by atoms with Gasteiger partial charge in [0.2, 0.25) is 5.91 Å². The number of benzene rings is 2. The number of likely N-dealkylation sites (tertiary alicyclic amines) is 1. The van der Waals surface area contributed by atoms with Crippen LogP contribution in [0.2, 0.25) is 0 Å². The molecule has 180 valence electrons. The molecule has 3 N–H and O–H groups in total.